The molecule has 1 aromatic heterocycles. The van der Waals surface area contributed by atoms with Crippen molar-refractivity contribution >= 4 is 29.1 Å². The molecule has 146 valence electrons. The van der Waals surface area contributed by atoms with Crippen molar-refractivity contribution in [3.05, 3.63) is 22.4 Å². The van der Waals surface area contributed by atoms with Crippen LogP contribution in [0.3, 0.4) is 0 Å². The van der Waals surface area contributed by atoms with Crippen molar-refractivity contribution in [3.8, 4) is 0 Å². The van der Waals surface area contributed by atoms with Crippen LogP contribution in [-0.2, 0) is 14.3 Å². The average Bonchev–Trinajstić information content (AvgIpc) is 3.42. The Morgan fingerprint density at radius 2 is 2.00 bits per heavy atom. The number of piperidine rings is 1. The minimum absolute atomic E-state index is 0.0282. The summed E-state index contributed by atoms with van der Waals surface area (Å²) in [4.78, 5) is 38.9. The summed E-state index contributed by atoms with van der Waals surface area (Å²) in [7, 11) is 0. The third kappa shape index (κ3) is 3.74. The van der Waals surface area contributed by atoms with Gasteiger partial charge in [-0.05, 0) is 55.9 Å². The van der Waals surface area contributed by atoms with E-state index in [1.54, 1.807) is 0 Å². The molecule has 6 nitrogen and oxygen atoms in total. The summed E-state index contributed by atoms with van der Waals surface area (Å²) in [6.45, 7) is 2.03. The lowest BCUT2D eigenvalue weighted by Gasteiger charge is -2.36. The topological polar surface area (TPSA) is 75.7 Å². The first-order valence-electron chi connectivity index (χ1n) is 9.88. The van der Waals surface area contributed by atoms with Crippen LogP contribution < -0.4 is 5.32 Å². The summed E-state index contributed by atoms with van der Waals surface area (Å²) in [6.07, 6.45) is 5.69. The smallest absolute Gasteiger partial charge is 0.307 e. The van der Waals surface area contributed by atoms with Gasteiger partial charge in [0.1, 0.15) is 5.60 Å². The molecule has 1 aromatic rings. The van der Waals surface area contributed by atoms with Crippen molar-refractivity contribution in [1.82, 2.24) is 10.2 Å². The van der Waals surface area contributed by atoms with Gasteiger partial charge in [0, 0.05) is 30.6 Å². The molecule has 1 aliphatic carbocycles. The maximum Gasteiger partial charge on any atom is 0.307 e. The van der Waals surface area contributed by atoms with E-state index in [0.29, 0.717) is 31.1 Å². The van der Waals surface area contributed by atoms with E-state index in [9.17, 15) is 14.4 Å². The van der Waals surface area contributed by atoms with Gasteiger partial charge in [-0.2, -0.15) is 11.3 Å². The van der Waals surface area contributed by atoms with Crippen molar-refractivity contribution in [3.63, 3.8) is 0 Å². The zero-order valence-electron chi connectivity index (χ0n) is 15.4. The zero-order chi connectivity index (χ0) is 18.9. The molecule has 27 heavy (non-hydrogen) atoms. The van der Waals surface area contributed by atoms with E-state index in [1.165, 1.54) is 11.3 Å². The minimum Gasteiger partial charge on any atom is -0.458 e. The van der Waals surface area contributed by atoms with Crippen LogP contribution >= 0.6 is 11.3 Å². The molecule has 4 rings (SSSR count). The van der Waals surface area contributed by atoms with Crippen molar-refractivity contribution in [2.45, 2.75) is 50.5 Å². The number of amides is 2. The highest BCUT2D eigenvalue weighted by atomic mass is 32.1. The molecule has 1 spiro atoms. The molecule has 1 N–H and O–H groups in total. The fraction of sp³-hybridized carbons (Fsp3) is 0.650. The predicted molar refractivity (Wildman–Crippen MR) is 101 cm³/mol. The number of carbonyl (C=O) groups excluding carboxylic acids is 3. The zero-order valence-corrected chi connectivity index (χ0v) is 16.3. The van der Waals surface area contributed by atoms with E-state index in [0.717, 1.165) is 38.5 Å². The molecule has 2 saturated heterocycles. The molecule has 3 heterocycles. The molecule has 1 atom stereocenters. The molecule has 3 fully saturated rings. The second-order valence-electron chi connectivity index (χ2n) is 7.99. The standard InChI is InChI=1S/C20H26N2O4S/c23-17-11-16(20(26-17)6-1-2-7-20)19(25)22-8-3-14(4-9-22)12-21-18(24)15-5-10-27-13-15/h5,10,13-14,16H,1-4,6-9,11-12H2,(H,21,24). The minimum atomic E-state index is -0.528. The monoisotopic (exact) mass is 390 g/mol. The van der Waals surface area contributed by atoms with Crippen LogP contribution in [0.25, 0.3) is 0 Å². The largest absolute Gasteiger partial charge is 0.458 e. The summed E-state index contributed by atoms with van der Waals surface area (Å²) in [5.41, 5.74) is 0.180. The first kappa shape index (κ1) is 18.5. The molecule has 3 aliphatic rings. The van der Waals surface area contributed by atoms with Gasteiger partial charge in [0.05, 0.1) is 12.3 Å². The fourth-order valence-corrected chi connectivity index (χ4v) is 5.38. The van der Waals surface area contributed by atoms with E-state index in [2.05, 4.69) is 5.32 Å². The number of thiophene rings is 1. The van der Waals surface area contributed by atoms with Crippen LogP contribution in [0.1, 0.15) is 55.3 Å². The number of esters is 1. The van der Waals surface area contributed by atoms with Crippen molar-refractivity contribution in [2.24, 2.45) is 11.8 Å². The first-order valence-corrected chi connectivity index (χ1v) is 10.8. The van der Waals surface area contributed by atoms with Crippen molar-refractivity contribution < 1.29 is 19.1 Å². The first-order chi connectivity index (χ1) is 13.1. The SMILES string of the molecule is O=C1CC(C(=O)N2CCC(CNC(=O)c3ccsc3)CC2)C2(CCCC2)O1. The number of nitrogens with zero attached hydrogens (tertiary/aromatic N) is 1. The molecule has 0 radical (unpaired) electrons. The lowest BCUT2D eigenvalue weighted by molar-refractivity contribution is -0.152. The molecule has 7 heteroatoms. The molecule has 1 saturated carbocycles. The Hall–Kier alpha value is -1.89. The number of nitrogens with one attached hydrogen (secondary N) is 1. The van der Waals surface area contributed by atoms with Crippen LogP contribution in [0, 0.1) is 11.8 Å². The van der Waals surface area contributed by atoms with Crippen LogP contribution in [0.15, 0.2) is 16.8 Å². The summed E-state index contributed by atoms with van der Waals surface area (Å²) in [5.74, 6) is -0.0785. The highest BCUT2D eigenvalue weighted by Gasteiger charge is 2.54. The second kappa shape index (κ2) is 7.62. The Labute approximate surface area is 163 Å². The second-order valence-corrected chi connectivity index (χ2v) is 8.77. The van der Waals surface area contributed by atoms with E-state index >= 15 is 0 Å². The van der Waals surface area contributed by atoms with Gasteiger partial charge >= 0.3 is 5.97 Å². The van der Waals surface area contributed by atoms with Crippen LogP contribution in [0.4, 0.5) is 0 Å². The molecule has 2 aliphatic heterocycles. The normalized spacial score (nSPS) is 25.0. The third-order valence-electron chi connectivity index (χ3n) is 6.33. The van der Waals surface area contributed by atoms with E-state index in [1.807, 2.05) is 21.7 Å². The Morgan fingerprint density at radius 3 is 2.67 bits per heavy atom. The Balaban J connectivity index is 1.28. The highest BCUT2D eigenvalue weighted by molar-refractivity contribution is 7.08. The Morgan fingerprint density at radius 1 is 1.26 bits per heavy atom. The van der Waals surface area contributed by atoms with Crippen LogP contribution in [0.2, 0.25) is 0 Å². The van der Waals surface area contributed by atoms with Gasteiger partial charge in [-0.15, -0.1) is 0 Å². The van der Waals surface area contributed by atoms with Gasteiger partial charge < -0.3 is 15.0 Å². The summed E-state index contributed by atoms with van der Waals surface area (Å²) >= 11 is 1.51. The van der Waals surface area contributed by atoms with Gasteiger partial charge in [-0.3, -0.25) is 14.4 Å². The highest BCUT2D eigenvalue weighted by Crippen LogP contribution is 2.46. The fourth-order valence-electron chi connectivity index (χ4n) is 4.74. The van der Waals surface area contributed by atoms with Crippen LogP contribution in [0.5, 0.6) is 0 Å². The van der Waals surface area contributed by atoms with E-state index in [4.69, 9.17) is 4.74 Å². The number of ether oxygens (including phenoxy) is 1. The quantitative estimate of drug-likeness (QED) is 0.802. The maximum atomic E-state index is 13.1. The molecule has 2 amide bonds. The van der Waals surface area contributed by atoms with Gasteiger partial charge in [-0.25, -0.2) is 0 Å². The van der Waals surface area contributed by atoms with Crippen molar-refractivity contribution in [2.75, 3.05) is 19.6 Å². The number of hydrogen-bond acceptors (Lipinski definition) is 5. The number of hydrogen-bond donors (Lipinski definition) is 1. The summed E-state index contributed by atoms with van der Waals surface area (Å²) < 4.78 is 5.62. The summed E-state index contributed by atoms with van der Waals surface area (Å²) in [5, 5.41) is 6.74. The molecule has 0 aromatic carbocycles. The average molecular weight is 391 g/mol. The molecular formula is C20H26N2O4S. The molecule has 1 unspecified atom stereocenters. The van der Waals surface area contributed by atoms with Gasteiger partial charge in [-0.1, -0.05) is 0 Å². The third-order valence-corrected chi connectivity index (χ3v) is 7.02. The summed E-state index contributed by atoms with van der Waals surface area (Å²) in [6, 6.07) is 1.82. The molecule has 0 bridgehead atoms. The van der Waals surface area contributed by atoms with E-state index < -0.39 is 5.60 Å². The lowest BCUT2D eigenvalue weighted by atomic mass is 9.84. The van der Waals surface area contributed by atoms with Gasteiger partial charge in [0.25, 0.3) is 5.91 Å². The number of carbonyl (C=O) groups is 3. The Kier molecular flexibility index (Phi) is 5.21. The number of likely N-dealkylation sites (tertiary alicyclic amines) is 1. The number of rotatable bonds is 4. The maximum absolute atomic E-state index is 13.1. The van der Waals surface area contributed by atoms with E-state index in [-0.39, 0.29) is 30.1 Å². The van der Waals surface area contributed by atoms with Crippen LogP contribution in [-0.4, -0.2) is 47.9 Å². The van der Waals surface area contributed by atoms with Gasteiger partial charge in [0.15, 0.2) is 0 Å². The van der Waals surface area contributed by atoms with Crippen molar-refractivity contribution in [1.29, 1.82) is 0 Å². The lowest BCUT2D eigenvalue weighted by Crippen LogP contribution is -2.48. The predicted octanol–water partition coefficient (Wildman–Crippen LogP) is 2.59. The van der Waals surface area contributed by atoms with Gasteiger partial charge in [0.2, 0.25) is 5.91 Å². The Bertz CT molecular complexity index is 704. The molecular weight excluding hydrogens is 364 g/mol.